The molecule has 1 aromatic carbocycles. The molecule has 0 spiro atoms. The molecule has 0 saturated carbocycles. The first-order valence-corrected chi connectivity index (χ1v) is 10.9. The van der Waals surface area contributed by atoms with Gasteiger partial charge in [0.2, 0.25) is 0 Å². The van der Waals surface area contributed by atoms with Gasteiger partial charge in [-0.1, -0.05) is 39.0 Å². The van der Waals surface area contributed by atoms with E-state index in [-0.39, 0.29) is 5.78 Å². The lowest BCUT2D eigenvalue weighted by Gasteiger charge is -2.00. The molecular formula is C21H26INOS. The Morgan fingerprint density at radius 1 is 1.04 bits per heavy atom. The Morgan fingerprint density at radius 3 is 2.52 bits per heavy atom. The van der Waals surface area contributed by atoms with Gasteiger partial charge in [-0.25, -0.2) is 0 Å². The van der Waals surface area contributed by atoms with E-state index in [2.05, 4.69) is 40.9 Å². The summed E-state index contributed by atoms with van der Waals surface area (Å²) in [6, 6.07) is 12.1. The summed E-state index contributed by atoms with van der Waals surface area (Å²) >= 11 is 3.90. The summed E-state index contributed by atoms with van der Waals surface area (Å²) in [6.45, 7) is 2.24. The van der Waals surface area contributed by atoms with Crippen LogP contribution in [0.15, 0.2) is 48.7 Å². The Kier molecular flexibility index (Phi) is 9.26. The van der Waals surface area contributed by atoms with Crippen LogP contribution < -0.4 is 5.32 Å². The highest BCUT2D eigenvalue weighted by Crippen LogP contribution is 2.20. The fraction of sp³-hybridized carbons (Fsp3) is 0.381. The summed E-state index contributed by atoms with van der Waals surface area (Å²) in [7, 11) is 0. The summed E-state index contributed by atoms with van der Waals surface area (Å²) < 4.78 is 1.19. The van der Waals surface area contributed by atoms with Crippen molar-refractivity contribution >= 4 is 45.4 Å². The van der Waals surface area contributed by atoms with Crippen LogP contribution in [0.25, 0.3) is 0 Å². The molecule has 25 heavy (non-hydrogen) atoms. The van der Waals surface area contributed by atoms with Gasteiger partial charge in [-0.2, -0.15) is 0 Å². The van der Waals surface area contributed by atoms with Crippen molar-refractivity contribution in [1.82, 2.24) is 0 Å². The number of benzene rings is 1. The fourth-order valence-electron chi connectivity index (χ4n) is 2.57. The molecule has 1 N–H and O–H groups in total. The second kappa shape index (κ2) is 11.5. The zero-order chi connectivity index (χ0) is 17.9. The monoisotopic (exact) mass is 467 g/mol. The van der Waals surface area contributed by atoms with E-state index in [1.807, 2.05) is 30.3 Å². The highest BCUT2D eigenvalue weighted by Gasteiger charge is 2.06. The van der Waals surface area contributed by atoms with Crippen LogP contribution in [0.5, 0.6) is 0 Å². The summed E-state index contributed by atoms with van der Waals surface area (Å²) in [4.78, 5) is 14.4. The standard InChI is InChI=1S/C21H26INOS/c1-2-3-4-5-6-7-8-19-13-14-21(25-19)20(24)15-16-23-18-11-9-17(22)10-12-18/h9-16,23H,2-8H2,1H3/b16-15-. The molecule has 2 aromatic rings. The van der Waals surface area contributed by atoms with Gasteiger partial charge in [0, 0.05) is 26.4 Å². The summed E-state index contributed by atoms with van der Waals surface area (Å²) in [5, 5.41) is 3.14. The van der Waals surface area contributed by atoms with E-state index < -0.39 is 0 Å². The highest BCUT2D eigenvalue weighted by atomic mass is 127. The minimum absolute atomic E-state index is 0.0669. The maximum absolute atomic E-state index is 12.2. The molecule has 0 aliphatic carbocycles. The van der Waals surface area contributed by atoms with Crippen molar-refractivity contribution in [2.24, 2.45) is 0 Å². The number of nitrogens with one attached hydrogen (secondary N) is 1. The first-order chi connectivity index (χ1) is 12.2. The van der Waals surface area contributed by atoms with Crippen LogP contribution in [0.3, 0.4) is 0 Å². The van der Waals surface area contributed by atoms with Crippen LogP contribution in [-0.4, -0.2) is 5.78 Å². The van der Waals surface area contributed by atoms with Crippen LogP contribution in [-0.2, 0) is 6.42 Å². The van der Waals surface area contributed by atoms with E-state index in [1.165, 1.54) is 47.0 Å². The van der Waals surface area contributed by atoms with E-state index in [0.717, 1.165) is 17.0 Å². The maximum Gasteiger partial charge on any atom is 0.197 e. The predicted molar refractivity (Wildman–Crippen MR) is 118 cm³/mol. The second-order valence-electron chi connectivity index (χ2n) is 6.13. The molecule has 134 valence electrons. The van der Waals surface area contributed by atoms with Crippen molar-refractivity contribution in [3.8, 4) is 0 Å². The molecule has 0 unspecified atom stereocenters. The molecule has 0 saturated heterocycles. The Hall–Kier alpha value is -1.14. The normalized spacial score (nSPS) is 11.1. The van der Waals surface area contributed by atoms with Crippen molar-refractivity contribution in [3.63, 3.8) is 0 Å². The summed E-state index contributed by atoms with van der Waals surface area (Å²) in [5.74, 6) is 0.0669. The third-order valence-corrected chi connectivity index (χ3v) is 5.89. The third kappa shape index (κ3) is 7.74. The van der Waals surface area contributed by atoms with Gasteiger partial charge in [-0.05, 0) is 71.8 Å². The lowest BCUT2D eigenvalue weighted by Crippen LogP contribution is -1.93. The smallest absolute Gasteiger partial charge is 0.197 e. The largest absolute Gasteiger partial charge is 0.362 e. The minimum Gasteiger partial charge on any atom is -0.362 e. The van der Waals surface area contributed by atoms with Gasteiger partial charge in [0.15, 0.2) is 5.78 Å². The van der Waals surface area contributed by atoms with Crippen molar-refractivity contribution in [3.05, 3.63) is 62.0 Å². The van der Waals surface area contributed by atoms with Gasteiger partial charge in [0.25, 0.3) is 0 Å². The van der Waals surface area contributed by atoms with Crippen LogP contribution in [0.1, 0.15) is 60.0 Å². The molecule has 0 bridgehead atoms. The molecule has 0 amide bonds. The van der Waals surface area contributed by atoms with E-state index in [4.69, 9.17) is 0 Å². The average Bonchev–Trinajstić information content (AvgIpc) is 3.09. The highest BCUT2D eigenvalue weighted by molar-refractivity contribution is 14.1. The number of carbonyl (C=O) groups is 1. The minimum atomic E-state index is 0.0669. The zero-order valence-corrected chi connectivity index (χ0v) is 17.7. The van der Waals surface area contributed by atoms with E-state index in [9.17, 15) is 4.79 Å². The molecule has 1 aromatic heterocycles. The van der Waals surface area contributed by atoms with Gasteiger partial charge in [-0.15, -0.1) is 11.3 Å². The molecule has 4 heteroatoms. The number of aryl methyl sites for hydroxylation is 1. The zero-order valence-electron chi connectivity index (χ0n) is 14.8. The van der Waals surface area contributed by atoms with Crippen LogP contribution in [0, 0.1) is 3.57 Å². The quantitative estimate of drug-likeness (QED) is 0.166. The lowest BCUT2D eigenvalue weighted by atomic mass is 10.1. The number of carbonyl (C=O) groups excluding carboxylic acids is 1. The molecular weight excluding hydrogens is 441 g/mol. The van der Waals surface area contributed by atoms with Gasteiger partial charge in [0.05, 0.1) is 4.88 Å². The average molecular weight is 467 g/mol. The Balaban J connectivity index is 1.73. The van der Waals surface area contributed by atoms with Crippen molar-refractivity contribution in [2.45, 2.75) is 51.9 Å². The Labute approximate surface area is 168 Å². The molecule has 0 fully saturated rings. The van der Waals surface area contributed by atoms with Gasteiger partial charge in [-0.3, -0.25) is 4.79 Å². The fourth-order valence-corrected chi connectivity index (χ4v) is 3.90. The number of thiophene rings is 1. The molecule has 1 heterocycles. The number of rotatable bonds is 11. The molecule has 0 atom stereocenters. The van der Waals surface area contributed by atoms with Crippen molar-refractivity contribution < 1.29 is 4.79 Å². The number of ketones is 1. The third-order valence-electron chi connectivity index (χ3n) is 4.01. The van der Waals surface area contributed by atoms with E-state index in [0.29, 0.717) is 0 Å². The van der Waals surface area contributed by atoms with Crippen LogP contribution >= 0.6 is 33.9 Å². The molecule has 2 rings (SSSR count). The summed E-state index contributed by atoms with van der Waals surface area (Å²) in [5.41, 5.74) is 0.986. The second-order valence-corrected chi connectivity index (χ2v) is 8.55. The van der Waals surface area contributed by atoms with E-state index >= 15 is 0 Å². The lowest BCUT2D eigenvalue weighted by molar-refractivity contribution is 0.105. The van der Waals surface area contributed by atoms with Crippen molar-refractivity contribution in [1.29, 1.82) is 0 Å². The topological polar surface area (TPSA) is 29.1 Å². The molecule has 0 aliphatic heterocycles. The molecule has 0 radical (unpaired) electrons. The maximum atomic E-state index is 12.2. The Bertz CT molecular complexity index is 675. The molecule has 0 aliphatic rings. The number of hydrogen-bond acceptors (Lipinski definition) is 3. The van der Waals surface area contributed by atoms with Crippen LogP contribution in [0.4, 0.5) is 5.69 Å². The summed E-state index contributed by atoms with van der Waals surface area (Å²) in [6.07, 6.45) is 12.3. The number of anilines is 1. The van der Waals surface area contributed by atoms with Crippen molar-refractivity contribution in [2.75, 3.05) is 5.32 Å². The van der Waals surface area contributed by atoms with E-state index in [1.54, 1.807) is 23.6 Å². The number of allylic oxidation sites excluding steroid dienone is 1. The van der Waals surface area contributed by atoms with Gasteiger partial charge < -0.3 is 5.32 Å². The van der Waals surface area contributed by atoms with Gasteiger partial charge >= 0.3 is 0 Å². The first kappa shape index (κ1) is 20.2. The number of hydrogen-bond donors (Lipinski definition) is 1. The van der Waals surface area contributed by atoms with Gasteiger partial charge in [0.1, 0.15) is 0 Å². The van der Waals surface area contributed by atoms with Crippen LogP contribution in [0.2, 0.25) is 0 Å². The number of unbranched alkanes of at least 4 members (excludes halogenated alkanes) is 5. The molecule has 2 nitrogen and oxygen atoms in total. The Morgan fingerprint density at radius 2 is 1.76 bits per heavy atom. The number of halogens is 1. The first-order valence-electron chi connectivity index (χ1n) is 9.00. The SMILES string of the molecule is CCCCCCCCc1ccc(C(=O)/C=C\Nc2ccc(I)cc2)s1. The predicted octanol–water partition coefficient (Wildman–Crippen LogP) is 7.06.